The Hall–Kier alpha value is -3.72. The first-order valence-corrected chi connectivity index (χ1v) is 10.2. The molecule has 16 heteroatoms. The average Bonchev–Trinajstić information content (AvgIpc) is 3.17. The van der Waals surface area contributed by atoms with E-state index in [-0.39, 0.29) is 20.6 Å². The Morgan fingerprint density at radius 2 is 2.00 bits per heavy atom. The minimum absolute atomic E-state index is 0.186. The van der Waals surface area contributed by atoms with Crippen LogP contribution in [0.25, 0.3) is 0 Å². The number of carbonyl (C=O) groups excluding carboxylic acids is 2. The molecule has 0 bridgehead atoms. The van der Waals surface area contributed by atoms with Crippen LogP contribution in [0.2, 0.25) is 5.02 Å². The number of amides is 1. The molecule has 0 spiro atoms. The molecule has 2 aromatic carbocycles. The number of non-ortho nitro benzene ring substituents is 1. The number of tetrazole rings is 1. The van der Waals surface area contributed by atoms with Gasteiger partial charge in [-0.15, -0.1) is 5.10 Å². The number of nitrogens with zero attached hydrogens (tertiary/aromatic N) is 5. The van der Waals surface area contributed by atoms with Gasteiger partial charge in [0.25, 0.3) is 11.6 Å². The summed E-state index contributed by atoms with van der Waals surface area (Å²) in [5.74, 6) is -2.19. The maximum atomic E-state index is 13.2. The number of anilines is 1. The Morgan fingerprint density at radius 1 is 1.26 bits per heavy atom. The SMILES string of the molecule is Cn1nnnc1Sc1ccc([N+](=O)[O-])cc1C(=O)OCC(=O)Nc1ccc(Cl)cc1C(F)(F)F. The zero-order chi connectivity index (χ0) is 25.0. The number of nitrogens with one attached hydrogen (secondary N) is 1. The molecule has 1 N–H and O–H groups in total. The molecule has 3 rings (SSSR count). The van der Waals surface area contributed by atoms with Crippen LogP contribution in [0.3, 0.4) is 0 Å². The van der Waals surface area contributed by atoms with Crippen molar-refractivity contribution < 1.29 is 32.4 Å². The number of hydrogen-bond acceptors (Lipinski definition) is 9. The van der Waals surface area contributed by atoms with E-state index in [0.717, 1.165) is 36.0 Å². The number of esters is 1. The minimum atomic E-state index is -4.80. The highest BCUT2D eigenvalue weighted by molar-refractivity contribution is 7.99. The van der Waals surface area contributed by atoms with Crippen molar-refractivity contribution in [3.8, 4) is 0 Å². The number of hydrogen-bond donors (Lipinski definition) is 1. The van der Waals surface area contributed by atoms with E-state index in [4.69, 9.17) is 16.3 Å². The van der Waals surface area contributed by atoms with Crippen molar-refractivity contribution in [1.82, 2.24) is 20.2 Å². The first kappa shape index (κ1) is 24.9. The van der Waals surface area contributed by atoms with Crippen LogP contribution in [-0.4, -0.2) is 43.6 Å². The first-order valence-electron chi connectivity index (χ1n) is 8.98. The molecule has 11 nitrogen and oxygen atoms in total. The summed E-state index contributed by atoms with van der Waals surface area (Å²) in [7, 11) is 1.53. The predicted molar refractivity (Wildman–Crippen MR) is 111 cm³/mol. The van der Waals surface area contributed by atoms with Gasteiger partial charge in [-0.1, -0.05) is 11.6 Å². The average molecular weight is 517 g/mol. The molecule has 178 valence electrons. The van der Waals surface area contributed by atoms with E-state index in [0.29, 0.717) is 6.07 Å². The van der Waals surface area contributed by atoms with Crippen LogP contribution in [0.15, 0.2) is 46.5 Å². The minimum Gasteiger partial charge on any atom is -0.452 e. The molecular formula is C18H12ClF3N6O5S. The molecule has 0 aliphatic carbocycles. The van der Waals surface area contributed by atoms with Gasteiger partial charge in [0.05, 0.1) is 21.7 Å². The molecule has 0 saturated carbocycles. The normalized spacial score (nSPS) is 11.2. The number of nitro groups is 1. The van der Waals surface area contributed by atoms with Crippen LogP contribution < -0.4 is 5.32 Å². The molecule has 0 aliphatic rings. The van der Waals surface area contributed by atoms with Crippen LogP contribution in [-0.2, 0) is 22.8 Å². The number of aromatic nitrogens is 4. The van der Waals surface area contributed by atoms with Crippen molar-refractivity contribution in [2.75, 3.05) is 11.9 Å². The lowest BCUT2D eigenvalue weighted by atomic mass is 10.1. The van der Waals surface area contributed by atoms with E-state index >= 15 is 0 Å². The van der Waals surface area contributed by atoms with E-state index in [2.05, 4.69) is 15.5 Å². The summed E-state index contributed by atoms with van der Waals surface area (Å²) >= 11 is 6.50. The van der Waals surface area contributed by atoms with Gasteiger partial charge in [0.2, 0.25) is 5.16 Å². The van der Waals surface area contributed by atoms with E-state index in [1.807, 2.05) is 5.32 Å². The third kappa shape index (κ3) is 5.99. The molecular weight excluding hydrogens is 505 g/mol. The lowest BCUT2D eigenvalue weighted by molar-refractivity contribution is -0.384. The highest BCUT2D eigenvalue weighted by Gasteiger charge is 2.34. The van der Waals surface area contributed by atoms with Crippen LogP contribution in [0.5, 0.6) is 0 Å². The predicted octanol–water partition coefficient (Wildman–Crippen LogP) is 3.74. The summed E-state index contributed by atoms with van der Waals surface area (Å²) in [6.45, 7) is -0.961. The van der Waals surface area contributed by atoms with E-state index in [1.54, 1.807) is 0 Å². The van der Waals surface area contributed by atoms with Crippen molar-refractivity contribution in [2.45, 2.75) is 16.2 Å². The maximum absolute atomic E-state index is 13.2. The van der Waals surface area contributed by atoms with Crippen LogP contribution in [0.4, 0.5) is 24.5 Å². The number of ether oxygens (including phenoxy) is 1. The molecule has 34 heavy (non-hydrogen) atoms. The fourth-order valence-corrected chi connectivity index (χ4v) is 3.54. The van der Waals surface area contributed by atoms with Gasteiger partial charge in [0.1, 0.15) is 0 Å². The van der Waals surface area contributed by atoms with Crippen molar-refractivity contribution >= 4 is 46.6 Å². The number of nitro benzene ring substituents is 1. The van der Waals surface area contributed by atoms with Gasteiger partial charge in [-0.3, -0.25) is 14.9 Å². The third-order valence-electron chi connectivity index (χ3n) is 4.07. The van der Waals surface area contributed by atoms with Gasteiger partial charge in [0, 0.05) is 29.1 Å². The van der Waals surface area contributed by atoms with Gasteiger partial charge in [-0.05, 0) is 46.5 Å². The monoisotopic (exact) mass is 516 g/mol. The second-order valence-electron chi connectivity index (χ2n) is 6.44. The molecule has 1 aromatic heterocycles. The summed E-state index contributed by atoms with van der Waals surface area (Å²) in [6.07, 6.45) is -4.80. The molecule has 1 amide bonds. The summed E-state index contributed by atoms with van der Waals surface area (Å²) in [6, 6.07) is 6.10. The van der Waals surface area contributed by atoms with Crippen molar-refractivity contribution in [3.63, 3.8) is 0 Å². The quantitative estimate of drug-likeness (QED) is 0.282. The Balaban J connectivity index is 1.77. The molecule has 0 aliphatic heterocycles. The van der Waals surface area contributed by atoms with Gasteiger partial charge in [-0.25, -0.2) is 9.48 Å². The fraction of sp³-hybridized carbons (Fsp3) is 0.167. The number of benzene rings is 2. The van der Waals surface area contributed by atoms with Gasteiger partial charge >= 0.3 is 12.1 Å². The second-order valence-corrected chi connectivity index (χ2v) is 7.88. The standard InChI is InChI=1S/C18H12ClF3N6O5S/c1-27-17(24-25-26-27)34-14-5-3-10(28(31)32)7-11(14)16(30)33-8-15(29)23-13-4-2-9(19)6-12(13)18(20,21)22/h2-7H,8H2,1H3,(H,23,29). The number of aryl methyl sites for hydroxylation is 1. The summed E-state index contributed by atoms with van der Waals surface area (Å²) in [5, 5.41) is 24.0. The van der Waals surface area contributed by atoms with Crippen LogP contribution in [0.1, 0.15) is 15.9 Å². The molecule has 0 radical (unpaired) electrons. The number of rotatable bonds is 7. The largest absolute Gasteiger partial charge is 0.452 e. The maximum Gasteiger partial charge on any atom is 0.418 e. The third-order valence-corrected chi connectivity index (χ3v) is 5.41. The Labute approximate surface area is 197 Å². The summed E-state index contributed by atoms with van der Waals surface area (Å²) < 4.78 is 45.7. The van der Waals surface area contributed by atoms with Crippen LogP contribution >= 0.6 is 23.4 Å². The Kier molecular flexibility index (Phi) is 7.36. The number of halogens is 4. The van der Waals surface area contributed by atoms with Crippen molar-refractivity contribution in [1.29, 1.82) is 0 Å². The molecule has 0 atom stereocenters. The van der Waals surface area contributed by atoms with Crippen molar-refractivity contribution in [3.05, 3.63) is 62.7 Å². The highest BCUT2D eigenvalue weighted by atomic mass is 35.5. The zero-order valence-electron chi connectivity index (χ0n) is 16.9. The molecule has 0 unspecified atom stereocenters. The van der Waals surface area contributed by atoms with E-state index in [9.17, 15) is 32.9 Å². The topological polar surface area (TPSA) is 142 Å². The second kappa shape index (κ2) is 10.0. The van der Waals surface area contributed by atoms with Crippen molar-refractivity contribution in [2.24, 2.45) is 7.05 Å². The first-order chi connectivity index (χ1) is 16.0. The van der Waals surface area contributed by atoms with Gasteiger partial charge in [0.15, 0.2) is 6.61 Å². The molecule has 3 aromatic rings. The number of carbonyl (C=O) groups is 2. The van der Waals surface area contributed by atoms with E-state index in [1.165, 1.54) is 17.8 Å². The summed E-state index contributed by atoms with van der Waals surface area (Å²) in [4.78, 5) is 35.3. The lowest BCUT2D eigenvalue weighted by Crippen LogP contribution is -2.23. The smallest absolute Gasteiger partial charge is 0.418 e. The summed E-state index contributed by atoms with van der Waals surface area (Å²) in [5.41, 5.74) is -2.46. The van der Waals surface area contributed by atoms with Gasteiger partial charge in [-0.2, -0.15) is 13.2 Å². The lowest BCUT2D eigenvalue weighted by Gasteiger charge is -2.14. The van der Waals surface area contributed by atoms with Gasteiger partial charge < -0.3 is 10.1 Å². The Morgan fingerprint density at radius 3 is 2.62 bits per heavy atom. The zero-order valence-corrected chi connectivity index (χ0v) is 18.4. The number of alkyl halides is 3. The highest BCUT2D eigenvalue weighted by Crippen LogP contribution is 2.36. The molecule has 1 heterocycles. The molecule has 0 saturated heterocycles. The molecule has 0 fully saturated rings. The Bertz CT molecular complexity index is 1270. The fourth-order valence-electron chi connectivity index (χ4n) is 2.54. The van der Waals surface area contributed by atoms with E-state index < -0.39 is 46.5 Å². The van der Waals surface area contributed by atoms with Crippen LogP contribution in [0, 0.1) is 10.1 Å².